The van der Waals surface area contributed by atoms with E-state index in [0.717, 1.165) is 17.4 Å². The molecule has 0 spiro atoms. The molecule has 1 saturated heterocycles. The Kier molecular flexibility index (Phi) is 4.21. The molecular weight excluding hydrogens is 296 g/mol. The fraction of sp³-hybridized carbons (Fsp3) is 0.562. The van der Waals surface area contributed by atoms with E-state index in [9.17, 15) is 4.79 Å². The number of hydrogen-bond acceptors (Lipinski definition) is 5. The summed E-state index contributed by atoms with van der Waals surface area (Å²) in [5, 5.41) is 4.36. The zero-order valence-electron chi connectivity index (χ0n) is 14.0. The zero-order valence-corrected chi connectivity index (χ0v) is 14.0. The molecule has 1 aliphatic heterocycles. The molecule has 7 nitrogen and oxygen atoms in total. The number of rotatable bonds is 3. The smallest absolute Gasteiger partial charge is 0.257 e. The Morgan fingerprint density at radius 1 is 1.35 bits per heavy atom. The third-order valence-electron chi connectivity index (χ3n) is 4.04. The van der Waals surface area contributed by atoms with Crippen LogP contribution in [-0.2, 0) is 11.3 Å². The molecule has 3 heterocycles. The molecule has 3 rings (SSSR count). The summed E-state index contributed by atoms with van der Waals surface area (Å²) in [5.74, 6) is 3.02. The van der Waals surface area contributed by atoms with Crippen LogP contribution in [0.2, 0.25) is 0 Å². The molecule has 7 heteroatoms. The lowest BCUT2D eigenvalue weighted by atomic mass is 10.2. The largest absolute Gasteiger partial charge is 0.466 e. The monoisotopic (exact) mass is 318 g/mol. The molecular formula is C16H22N4O3. The Morgan fingerprint density at radius 3 is 2.74 bits per heavy atom. The van der Waals surface area contributed by atoms with Gasteiger partial charge in [-0.15, -0.1) is 0 Å². The van der Waals surface area contributed by atoms with Crippen molar-refractivity contribution in [2.24, 2.45) is 0 Å². The molecule has 0 radical (unpaired) electrons. The number of nitrogens with zero attached hydrogens (tertiary/aromatic N) is 4. The number of aryl methyl sites for hydroxylation is 4. The van der Waals surface area contributed by atoms with Gasteiger partial charge in [-0.1, -0.05) is 0 Å². The molecule has 2 aromatic heterocycles. The van der Waals surface area contributed by atoms with Gasteiger partial charge in [0.15, 0.2) is 0 Å². The van der Waals surface area contributed by atoms with Crippen LogP contribution in [0.3, 0.4) is 0 Å². The average Bonchev–Trinajstić information content (AvgIpc) is 3.00. The van der Waals surface area contributed by atoms with Crippen LogP contribution < -0.4 is 0 Å². The lowest BCUT2D eigenvalue weighted by Crippen LogP contribution is -2.47. The summed E-state index contributed by atoms with van der Waals surface area (Å²) in [7, 11) is 0. The molecule has 0 aliphatic carbocycles. The highest BCUT2D eigenvalue weighted by molar-refractivity contribution is 5.95. The number of morpholine rings is 1. The summed E-state index contributed by atoms with van der Waals surface area (Å²) in [6.45, 7) is 9.71. The van der Waals surface area contributed by atoms with Crippen molar-refractivity contribution in [1.82, 2.24) is 19.7 Å². The minimum Gasteiger partial charge on any atom is -0.466 e. The van der Waals surface area contributed by atoms with Crippen molar-refractivity contribution in [3.8, 4) is 0 Å². The quantitative estimate of drug-likeness (QED) is 0.860. The Hall–Kier alpha value is -2.15. The zero-order chi connectivity index (χ0) is 16.6. The highest BCUT2D eigenvalue weighted by atomic mass is 16.5. The number of furan rings is 1. The first-order chi connectivity index (χ1) is 10.9. The van der Waals surface area contributed by atoms with Crippen molar-refractivity contribution >= 4 is 5.91 Å². The number of hydrogen-bond donors (Lipinski definition) is 0. The first-order valence-electron chi connectivity index (χ1n) is 7.80. The summed E-state index contributed by atoms with van der Waals surface area (Å²) in [6.07, 6.45) is -0.0826. The predicted molar refractivity (Wildman–Crippen MR) is 83.3 cm³/mol. The van der Waals surface area contributed by atoms with Crippen LogP contribution in [0.5, 0.6) is 0 Å². The summed E-state index contributed by atoms with van der Waals surface area (Å²) < 4.78 is 13.1. The van der Waals surface area contributed by atoms with Crippen molar-refractivity contribution in [2.75, 3.05) is 19.7 Å². The lowest BCUT2D eigenvalue weighted by Gasteiger charge is -2.33. The number of carbonyl (C=O) groups excluding carboxylic acids is 1. The van der Waals surface area contributed by atoms with Crippen molar-refractivity contribution in [3.63, 3.8) is 0 Å². The van der Waals surface area contributed by atoms with Crippen molar-refractivity contribution in [2.45, 2.75) is 40.3 Å². The second-order valence-electron chi connectivity index (χ2n) is 5.96. The standard InChI is InChI=1S/C16H22N4O3/c1-10-7-15(11(2)23-10)16(21)19-5-6-22-14(8-19)9-20-13(4)17-12(3)18-20/h7,14H,5-6,8-9H2,1-4H3/t14-/m1/s1. The summed E-state index contributed by atoms with van der Waals surface area (Å²) >= 11 is 0. The summed E-state index contributed by atoms with van der Waals surface area (Å²) in [6, 6.07) is 1.80. The number of carbonyl (C=O) groups is 1. The van der Waals surface area contributed by atoms with Crippen LogP contribution in [0, 0.1) is 27.7 Å². The van der Waals surface area contributed by atoms with Crippen molar-refractivity contribution in [1.29, 1.82) is 0 Å². The van der Waals surface area contributed by atoms with E-state index < -0.39 is 0 Å². The van der Waals surface area contributed by atoms with Gasteiger partial charge >= 0.3 is 0 Å². The van der Waals surface area contributed by atoms with Crippen LogP contribution in [0.4, 0.5) is 0 Å². The Balaban J connectivity index is 1.69. The second-order valence-corrected chi connectivity index (χ2v) is 5.96. The maximum atomic E-state index is 12.7. The van der Waals surface area contributed by atoms with E-state index in [1.165, 1.54) is 0 Å². The van der Waals surface area contributed by atoms with E-state index in [1.54, 1.807) is 6.07 Å². The minimum absolute atomic E-state index is 0.000794. The number of amides is 1. The first-order valence-corrected chi connectivity index (χ1v) is 7.80. The van der Waals surface area contributed by atoms with Crippen LogP contribution in [0.1, 0.15) is 33.5 Å². The van der Waals surface area contributed by atoms with Gasteiger partial charge in [0.2, 0.25) is 0 Å². The van der Waals surface area contributed by atoms with E-state index in [0.29, 0.717) is 37.6 Å². The normalized spacial score (nSPS) is 18.4. The minimum atomic E-state index is -0.0826. The molecule has 0 unspecified atom stereocenters. The maximum Gasteiger partial charge on any atom is 0.257 e. The molecule has 23 heavy (non-hydrogen) atoms. The van der Waals surface area contributed by atoms with Gasteiger partial charge in [-0.05, 0) is 33.8 Å². The summed E-state index contributed by atoms with van der Waals surface area (Å²) in [5.41, 5.74) is 0.635. The van der Waals surface area contributed by atoms with Gasteiger partial charge in [-0.2, -0.15) is 5.10 Å². The van der Waals surface area contributed by atoms with E-state index >= 15 is 0 Å². The van der Waals surface area contributed by atoms with Gasteiger partial charge in [-0.25, -0.2) is 9.67 Å². The van der Waals surface area contributed by atoms with E-state index in [2.05, 4.69) is 10.1 Å². The molecule has 1 aliphatic rings. The van der Waals surface area contributed by atoms with Gasteiger partial charge < -0.3 is 14.1 Å². The van der Waals surface area contributed by atoms with Gasteiger partial charge in [0.25, 0.3) is 5.91 Å². The molecule has 0 N–H and O–H groups in total. The van der Waals surface area contributed by atoms with Gasteiger partial charge in [0.1, 0.15) is 23.2 Å². The van der Waals surface area contributed by atoms with Gasteiger partial charge in [0, 0.05) is 13.1 Å². The highest BCUT2D eigenvalue weighted by Gasteiger charge is 2.27. The molecule has 0 aromatic carbocycles. The van der Waals surface area contributed by atoms with Gasteiger partial charge in [-0.3, -0.25) is 4.79 Å². The van der Waals surface area contributed by atoms with E-state index in [4.69, 9.17) is 9.15 Å². The Morgan fingerprint density at radius 2 is 2.13 bits per heavy atom. The number of aromatic nitrogens is 3. The molecule has 1 atom stereocenters. The Bertz CT molecular complexity index is 719. The summed E-state index contributed by atoms with van der Waals surface area (Å²) in [4.78, 5) is 18.8. The third-order valence-corrected chi connectivity index (χ3v) is 4.04. The second kappa shape index (κ2) is 6.16. The van der Waals surface area contributed by atoms with Crippen LogP contribution in [0.15, 0.2) is 10.5 Å². The maximum absolute atomic E-state index is 12.7. The van der Waals surface area contributed by atoms with E-state index in [-0.39, 0.29) is 12.0 Å². The van der Waals surface area contributed by atoms with Crippen molar-refractivity contribution in [3.05, 3.63) is 34.8 Å². The van der Waals surface area contributed by atoms with E-state index in [1.807, 2.05) is 37.3 Å². The predicted octanol–water partition coefficient (Wildman–Crippen LogP) is 1.65. The SMILES string of the molecule is Cc1nc(C)n(C[C@H]2CN(C(=O)c3cc(C)oc3C)CCO2)n1. The van der Waals surface area contributed by atoms with Crippen molar-refractivity contribution < 1.29 is 13.9 Å². The average molecular weight is 318 g/mol. The molecule has 2 aromatic rings. The molecule has 1 amide bonds. The van der Waals surface area contributed by atoms with Crippen LogP contribution in [-0.4, -0.2) is 51.4 Å². The fourth-order valence-electron chi connectivity index (χ4n) is 2.95. The molecule has 1 fully saturated rings. The molecule has 0 bridgehead atoms. The fourth-order valence-corrected chi connectivity index (χ4v) is 2.95. The molecule has 0 saturated carbocycles. The lowest BCUT2D eigenvalue weighted by molar-refractivity contribution is -0.0303. The molecule has 124 valence electrons. The highest BCUT2D eigenvalue weighted by Crippen LogP contribution is 2.18. The number of ether oxygens (including phenoxy) is 1. The van der Waals surface area contributed by atoms with Gasteiger partial charge in [0.05, 0.1) is 24.8 Å². The first kappa shape index (κ1) is 15.7. The topological polar surface area (TPSA) is 73.4 Å². The van der Waals surface area contributed by atoms with Crippen LogP contribution in [0.25, 0.3) is 0 Å². The van der Waals surface area contributed by atoms with Crippen LogP contribution >= 0.6 is 0 Å². The Labute approximate surface area is 135 Å². The third kappa shape index (κ3) is 3.29.